The van der Waals surface area contributed by atoms with Gasteiger partial charge in [0.2, 0.25) is 0 Å². The molecule has 0 spiro atoms. The number of nitrogens with zero attached hydrogens (tertiary/aromatic N) is 3. The highest BCUT2D eigenvalue weighted by atomic mass is 32.1. The van der Waals surface area contributed by atoms with Crippen molar-refractivity contribution in [3.63, 3.8) is 0 Å². The summed E-state index contributed by atoms with van der Waals surface area (Å²) in [6.07, 6.45) is 0. The van der Waals surface area contributed by atoms with Gasteiger partial charge in [-0.2, -0.15) is 0 Å². The smallest absolute Gasteiger partial charge is 0.165 e. The van der Waals surface area contributed by atoms with Crippen molar-refractivity contribution in [1.29, 1.82) is 0 Å². The molecule has 0 atom stereocenters. The summed E-state index contributed by atoms with van der Waals surface area (Å²) >= 11 is 1.83. The van der Waals surface area contributed by atoms with Gasteiger partial charge in [0.15, 0.2) is 5.82 Å². The maximum atomic E-state index is 5.41. The Bertz CT molecular complexity index is 2830. The van der Waals surface area contributed by atoms with Crippen LogP contribution in [0.3, 0.4) is 0 Å². The molecule has 0 N–H and O–H groups in total. The molecule has 3 nitrogen and oxygen atoms in total. The number of thiophene rings is 1. The van der Waals surface area contributed by atoms with Crippen LogP contribution in [0.2, 0.25) is 0 Å². The fourth-order valence-corrected chi connectivity index (χ4v) is 8.93. The quantitative estimate of drug-likeness (QED) is 0.197. The van der Waals surface area contributed by atoms with Crippen molar-refractivity contribution < 1.29 is 0 Å². The molecule has 10 aromatic rings. The second-order valence-corrected chi connectivity index (χ2v) is 13.2. The van der Waals surface area contributed by atoms with Crippen molar-refractivity contribution in [2.75, 3.05) is 0 Å². The zero-order chi connectivity index (χ0) is 29.9. The lowest BCUT2D eigenvalue weighted by atomic mass is 9.93. The van der Waals surface area contributed by atoms with Crippen LogP contribution in [0.1, 0.15) is 0 Å². The van der Waals surface area contributed by atoms with E-state index in [0.29, 0.717) is 0 Å². The van der Waals surface area contributed by atoms with Crippen LogP contribution in [-0.4, -0.2) is 14.5 Å². The maximum Gasteiger partial charge on any atom is 0.165 e. The van der Waals surface area contributed by atoms with Crippen LogP contribution < -0.4 is 0 Å². The van der Waals surface area contributed by atoms with E-state index >= 15 is 0 Å². The average Bonchev–Trinajstić information content (AvgIpc) is 3.62. The van der Waals surface area contributed by atoms with Gasteiger partial charge in [-0.1, -0.05) is 103 Å². The second kappa shape index (κ2) is 8.87. The van der Waals surface area contributed by atoms with Gasteiger partial charge in [0.1, 0.15) is 5.69 Å². The molecular weight excluding hydrogens is 579 g/mol. The van der Waals surface area contributed by atoms with E-state index in [9.17, 15) is 0 Å². The first-order valence-electron chi connectivity index (χ1n) is 15.6. The van der Waals surface area contributed by atoms with Crippen LogP contribution in [0.5, 0.6) is 0 Å². The van der Waals surface area contributed by atoms with E-state index in [2.05, 4.69) is 132 Å². The molecule has 7 aromatic carbocycles. The van der Waals surface area contributed by atoms with Crippen molar-refractivity contribution in [3.8, 4) is 39.3 Å². The summed E-state index contributed by atoms with van der Waals surface area (Å²) in [5.74, 6) is 0.848. The molecule has 0 saturated heterocycles. The third-order valence-corrected chi connectivity index (χ3v) is 10.9. The highest BCUT2D eigenvalue weighted by Gasteiger charge is 2.26. The number of fused-ring (bicyclic) bond motifs is 6. The molecule has 0 saturated carbocycles. The molecule has 0 fully saturated rings. The summed E-state index contributed by atoms with van der Waals surface area (Å²) < 4.78 is 4.91. The molecular formula is C42H23N3S. The summed E-state index contributed by atoms with van der Waals surface area (Å²) in [4.78, 5) is 10.8. The van der Waals surface area contributed by atoms with E-state index in [0.717, 1.165) is 39.1 Å². The lowest BCUT2D eigenvalue weighted by Gasteiger charge is -2.15. The van der Waals surface area contributed by atoms with E-state index in [1.807, 2.05) is 23.5 Å². The minimum Gasteiger partial charge on any atom is -0.292 e. The van der Waals surface area contributed by atoms with Gasteiger partial charge in [0.05, 0.1) is 22.1 Å². The van der Waals surface area contributed by atoms with E-state index in [1.54, 1.807) is 0 Å². The molecule has 0 radical (unpaired) electrons. The standard InChI is InChI=1S/C42H23N3S/c1-4-20-36-26(11-1)27-22-21-25(23-37(27)46-36)41-42(44-33-17-3-2-16-32(33)43-41)45-34-18-7-14-30-28-12-5-9-24-10-6-13-29(38(24)28)31-15-8-19-35(45)40(31)39(30)34/h1-23H. The van der Waals surface area contributed by atoms with Crippen molar-refractivity contribution in [1.82, 2.24) is 14.5 Å². The van der Waals surface area contributed by atoms with Crippen LogP contribution in [0.25, 0.3) is 103 Å². The zero-order valence-corrected chi connectivity index (χ0v) is 25.3. The van der Waals surface area contributed by atoms with Gasteiger partial charge in [-0.15, -0.1) is 11.3 Å². The number of aromatic nitrogens is 3. The summed E-state index contributed by atoms with van der Waals surface area (Å²) in [5.41, 5.74) is 11.1. The highest BCUT2D eigenvalue weighted by molar-refractivity contribution is 7.25. The number of hydrogen-bond donors (Lipinski definition) is 0. The molecule has 1 aliphatic carbocycles. The summed E-state index contributed by atoms with van der Waals surface area (Å²) in [5, 5.41) is 7.68. The summed E-state index contributed by atoms with van der Waals surface area (Å²) in [6.45, 7) is 0. The third-order valence-electron chi connectivity index (χ3n) is 9.72. The number of benzene rings is 7. The van der Waals surface area contributed by atoms with Gasteiger partial charge < -0.3 is 0 Å². The molecule has 3 heterocycles. The second-order valence-electron chi connectivity index (χ2n) is 12.1. The first kappa shape index (κ1) is 24.5. The summed E-state index contributed by atoms with van der Waals surface area (Å²) in [6, 6.07) is 50.4. The monoisotopic (exact) mass is 601 g/mol. The van der Waals surface area contributed by atoms with E-state index in [4.69, 9.17) is 9.97 Å². The van der Waals surface area contributed by atoms with Gasteiger partial charge in [0, 0.05) is 36.5 Å². The average molecular weight is 602 g/mol. The van der Waals surface area contributed by atoms with Gasteiger partial charge >= 0.3 is 0 Å². The van der Waals surface area contributed by atoms with Crippen LogP contribution in [0, 0.1) is 0 Å². The van der Waals surface area contributed by atoms with Gasteiger partial charge in [-0.25, -0.2) is 9.97 Å². The molecule has 0 aliphatic heterocycles. The maximum absolute atomic E-state index is 5.41. The van der Waals surface area contributed by atoms with Crippen LogP contribution >= 0.6 is 11.3 Å². The summed E-state index contributed by atoms with van der Waals surface area (Å²) in [7, 11) is 0. The molecule has 0 unspecified atom stereocenters. The molecule has 11 rings (SSSR count). The molecule has 212 valence electrons. The molecule has 0 bridgehead atoms. The SMILES string of the molecule is c1cc2c3c(cccc3c1)-c1cccc3c1c1c-2cccc1n3-c1nc2ccccc2nc1-c1ccc2c(c1)sc1ccccc12. The van der Waals surface area contributed by atoms with E-state index in [-0.39, 0.29) is 0 Å². The third kappa shape index (κ3) is 3.16. The lowest BCUT2D eigenvalue weighted by Crippen LogP contribution is -2.04. The van der Waals surface area contributed by atoms with Crippen LogP contribution in [0.4, 0.5) is 0 Å². The molecule has 1 aliphatic rings. The number of hydrogen-bond acceptors (Lipinski definition) is 3. The normalized spacial score (nSPS) is 12.3. The number of para-hydroxylation sites is 2. The Morgan fingerprint density at radius 1 is 0.457 bits per heavy atom. The fourth-order valence-electron chi connectivity index (χ4n) is 7.79. The van der Waals surface area contributed by atoms with Gasteiger partial charge in [-0.3, -0.25) is 4.57 Å². The molecule has 4 heteroatoms. The Morgan fingerprint density at radius 3 is 1.76 bits per heavy atom. The van der Waals surface area contributed by atoms with Gasteiger partial charge in [-0.05, 0) is 69.4 Å². The minimum absolute atomic E-state index is 0.848. The topological polar surface area (TPSA) is 30.7 Å². The first-order chi connectivity index (χ1) is 22.8. The van der Waals surface area contributed by atoms with Crippen molar-refractivity contribution in [2.45, 2.75) is 0 Å². The Hall–Kier alpha value is -5.84. The zero-order valence-electron chi connectivity index (χ0n) is 24.5. The van der Waals surface area contributed by atoms with Crippen molar-refractivity contribution in [3.05, 3.63) is 140 Å². The van der Waals surface area contributed by atoms with Crippen molar-refractivity contribution >= 4 is 75.1 Å². The Morgan fingerprint density at radius 2 is 1.04 bits per heavy atom. The van der Waals surface area contributed by atoms with E-state index in [1.165, 1.54) is 64.0 Å². The Kier molecular flexibility index (Phi) is 4.72. The highest BCUT2D eigenvalue weighted by Crippen LogP contribution is 2.50. The molecule has 3 aromatic heterocycles. The molecule has 0 amide bonds. The van der Waals surface area contributed by atoms with Crippen molar-refractivity contribution in [2.24, 2.45) is 0 Å². The van der Waals surface area contributed by atoms with Crippen LogP contribution in [-0.2, 0) is 0 Å². The largest absolute Gasteiger partial charge is 0.292 e. The Balaban J connectivity index is 1.28. The van der Waals surface area contributed by atoms with E-state index < -0.39 is 0 Å². The fraction of sp³-hybridized carbons (Fsp3) is 0. The van der Waals surface area contributed by atoms with Gasteiger partial charge in [0.25, 0.3) is 0 Å². The first-order valence-corrected chi connectivity index (χ1v) is 16.4. The Labute approximate surface area is 267 Å². The lowest BCUT2D eigenvalue weighted by molar-refractivity contribution is 1.08. The predicted molar refractivity (Wildman–Crippen MR) is 194 cm³/mol. The predicted octanol–water partition coefficient (Wildman–Crippen LogP) is 11.6. The van der Waals surface area contributed by atoms with Crippen LogP contribution in [0.15, 0.2) is 140 Å². The molecule has 46 heavy (non-hydrogen) atoms. The minimum atomic E-state index is 0.848. The number of rotatable bonds is 2.